The topological polar surface area (TPSA) is 96.0 Å². The van der Waals surface area contributed by atoms with Crippen LogP contribution in [0.4, 0.5) is 5.69 Å². The van der Waals surface area contributed by atoms with E-state index in [1.165, 1.54) is 4.31 Å². The summed E-state index contributed by atoms with van der Waals surface area (Å²) in [5, 5.41) is 4.66. The lowest BCUT2D eigenvalue weighted by Crippen LogP contribution is -2.52. The van der Waals surface area contributed by atoms with E-state index in [-0.39, 0.29) is 37.4 Å². The van der Waals surface area contributed by atoms with Gasteiger partial charge in [0.05, 0.1) is 17.7 Å². The van der Waals surface area contributed by atoms with Crippen LogP contribution in [0.3, 0.4) is 0 Å². The van der Waals surface area contributed by atoms with Crippen LogP contribution in [0.25, 0.3) is 10.8 Å². The summed E-state index contributed by atoms with van der Waals surface area (Å²) < 4.78 is 33.8. The number of amides is 2. The van der Waals surface area contributed by atoms with Crippen LogP contribution in [0.5, 0.6) is 5.75 Å². The average molecular weight is 614 g/mol. The van der Waals surface area contributed by atoms with Gasteiger partial charge in [-0.25, -0.2) is 8.42 Å². The summed E-state index contributed by atoms with van der Waals surface area (Å²) in [5.74, 6) is 0.218. The summed E-state index contributed by atoms with van der Waals surface area (Å²) >= 11 is 0. The number of nitrogens with one attached hydrogen (secondary N) is 1. The molecule has 230 valence electrons. The van der Waals surface area contributed by atoms with Crippen molar-refractivity contribution >= 4 is 38.3 Å². The molecular weight excluding hydrogens is 574 g/mol. The molecule has 1 N–H and O–H groups in total. The second-order valence-corrected chi connectivity index (χ2v) is 13.0. The summed E-state index contributed by atoms with van der Waals surface area (Å²) in [6, 6.07) is 27.1. The number of anilines is 1. The zero-order valence-corrected chi connectivity index (χ0v) is 26.2. The SMILES string of the molecule is CC[C@H](C)NC(=O)[C@@H](Cc1ccccc1)N(Cc1cccc(OC)c1)C(=O)CCCN1c2cccc3cccc(c23)S1(=O)=O. The van der Waals surface area contributed by atoms with Gasteiger partial charge in [-0.2, -0.15) is 0 Å². The van der Waals surface area contributed by atoms with Crippen molar-refractivity contribution < 1.29 is 22.7 Å². The minimum Gasteiger partial charge on any atom is -0.497 e. The number of hydrogen-bond acceptors (Lipinski definition) is 5. The van der Waals surface area contributed by atoms with Crippen molar-refractivity contribution in [1.29, 1.82) is 0 Å². The quantitative estimate of drug-likeness (QED) is 0.209. The zero-order chi connectivity index (χ0) is 31.3. The molecule has 8 nitrogen and oxygen atoms in total. The normalized spacial score (nSPS) is 14.7. The van der Waals surface area contributed by atoms with Gasteiger partial charge in [0, 0.05) is 37.4 Å². The minimum absolute atomic E-state index is 0.0562. The first-order chi connectivity index (χ1) is 21.2. The van der Waals surface area contributed by atoms with E-state index >= 15 is 0 Å². The van der Waals surface area contributed by atoms with E-state index in [0.717, 1.165) is 22.9 Å². The maximum Gasteiger partial charge on any atom is 0.265 e. The maximum absolute atomic E-state index is 14.1. The third-order valence-corrected chi connectivity index (χ3v) is 10.0. The summed E-state index contributed by atoms with van der Waals surface area (Å²) in [6.07, 6.45) is 1.47. The van der Waals surface area contributed by atoms with Crippen molar-refractivity contribution in [2.24, 2.45) is 0 Å². The third kappa shape index (κ3) is 6.58. The monoisotopic (exact) mass is 613 g/mol. The highest BCUT2D eigenvalue weighted by Crippen LogP contribution is 2.42. The fourth-order valence-electron chi connectivity index (χ4n) is 5.68. The van der Waals surface area contributed by atoms with Gasteiger partial charge < -0.3 is 15.0 Å². The van der Waals surface area contributed by atoms with E-state index in [1.54, 1.807) is 24.1 Å². The van der Waals surface area contributed by atoms with Crippen LogP contribution in [-0.4, -0.2) is 50.9 Å². The third-order valence-electron chi connectivity index (χ3n) is 8.19. The molecule has 1 aliphatic heterocycles. The highest BCUT2D eigenvalue weighted by atomic mass is 32.2. The summed E-state index contributed by atoms with van der Waals surface area (Å²) in [7, 11) is -2.14. The molecule has 0 aliphatic carbocycles. The molecular formula is C35H39N3O5S. The Labute approximate surface area is 259 Å². The predicted molar refractivity (Wildman–Crippen MR) is 173 cm³/mol. The standard InChI is InChI=1S/C35H39N3O5S/c1-4-25(2)36-35(40)31(23-26-12-6-5-7-13-26)37(24-27-14-8-17-29(22-27)43-3)33(39)20-11-21-38-30-18-9-15-28-16-10-19-32(34(28)30)44(38,41)42/h5-10,12-19,22,25,31H,4,11,20-21,23-24H2,1-3H3,(H,36,40)/t25-,31+/m0/s1. The molecule has 44 heavy (non-hydrogen) atoms. The number of ether oxygens (including phenoxy) is 1. The van der Waals surface area contributed by atoms with E-state index in [9.17, 15) is 18.0 Å². The van der Waals surface area contributed by atoms with Crippen LogP contribution in [0.2, 0.25) is 0 Å². The molecule has 0 bridgehead atoms. The first-order valence-corrected chi connectivity index (χ1v) is 16.5. The first-order valence-electron chi connectivity index (χ1n) is 15.0. The number of carbonyl (C=O) groups excluding carboxylic acids is 2. The molecule has 1 heterocycles. The number of benzene rings is 4. The van der Waals surface area contributed by atoms with E-state index < -0.39 is 16.1 Å². The van der Waals surface area contributed by atoms with Gasteiger partial charge in [0.15, 0.2) is 0 Å². The van der Waals surface area contributed by atoms with E-state index in [4.69, 9.17) is 4.74 Å². The largest absolute Gasteiger partial charge is 0.497 e. The van der Waals surface area contributed by atoms with Crippen LogP contribution in [0.1, 0.15) is 44.2 Å². The predicted octanol–water partition coefficient (Wildman–Crippen LogP) is 5.69. The number of hydrogen-bond donors (Lipinski definition) is 1. The highest BCUT2D eigenvalue weighted by molar-refractivity contribution is 7.93. The molecule has 0 spiro atoms. The minimum atomic E-state index is -3.73. The molecule has 0 radical (unpaired) electrons. The van der Waals surface area contributed by atoms with Gasteiger partial charge in [0.25, 0.3) is 10.0 Å². The van der Waals surface area contributed by atoms with Crippen LogP contribution in [0.15, 0.2) is 95.9 Å². The lowest BCUT2D eigenvalue weighted by atomic mass is 10.0. The molecule has 0 aromatic heterocycles. The summed E-state index contributed by atoms with van der Waals surface area (Å²) in [4.78, 5) is 29.8. The van der Waals surface area contributed by atoms with Crippen LogP contribution in [-0.2, 0) is 32.6 Å². The van der Waals surface area contributed by atoms with E-state index in [1.807, 2.05) is 92.7 Å². The molecule has 0 fully saturated rings. The van der Waals surface area contributed by atoms with Gasteiger partial charge >= 0.3 is 0 Å². The lowest BCUT2D eigenvalue weighted by Gasteiger charge is -2.32. The van der Waals surface area contributed by atoms with Crippen LogP contribution in [0, 0.1) is 0 Å². The fourth-order valence-corrected chi connectivity index (χ4v) is 7.43. The highest BCUT2D eigenvalue weighted by Gasteiger charge is 2.36. The molecule has 0 saturated carbocycles. The maximum atomic E-state index is 14.1. The zero-order valence-electron chi connectivity index (χ0n) is 25.4. The molecule has 9 heteroatoms. The van der Waals surface area contributed by atoms with Gasteiger partial charge in [-0.1, -0.05) is 73.7 Å². The Bertz CT molecular complexity index is 1740. The molecule has 4 aromatic rings. The summed E-state index contributed by atoms with van der Waals surface area (Å²) in [5.41, 5.74) is 2.40. The Morgan fingerprint density at radius 3 is 2.36 bits per heavy atom. The van der Waals surface area contributed by atoms with Gasteiger partial charge in [-0.05, 0) is 60.5 Å². The van der Waals surface area contributed by atoms with Gasteiger partial charge in [-0.3, -0.25) is 13.9 Å². The molecule has 2 atom stereocenters. The van der Waals surface area contributed by atoms with Gasteiger partial charge in [0.1, 0.15) is 11.8 Å². The number of sulfonamides is 1. The van der Waals surface area contributed by atoms with Crippen LogP contribution < -0.4 is 14.4 Å². The van der Waals surface area contributed by atoms with Gasteiger partial charge in [-0.15, -0.1) is 0 Å². The molecule has 1 aliphatic rings. The van der Waals surface area contributed by atoms with Crippen molar-refractivity contribution in [2.45, 2.75) is 63.1 Å². The molecule has 0 unspecified atom stereocenters. The number of carbonyl (C=O) groups is 2. The number of methoxy groups -OCH3 is 1. The first kappa shape index (κ1) is 31.1. The van der Waals surface area contributed by atoms with Crippen molar-refractivity contribution in [3.05, 3.63) is 102 Å². The Morgan fingerprint density at radius 1 is 0.932 bits per heavy atom. The molecule has 5 rings (SSSR count). The van der Waals surface area contributed by atoms with E-state index in [0.29, 0.717) is 34.6 Å². The molecule has 2 amide bonds. The van der Waals surface area contributed by atoms with Gasteiger partial charge in [0.2, 0.25) is 11.8 Å². The lowest BCUT2D eigenvalue weighted by molar-refractivity contribution is -0.141. The second kappa shape index (κ2) is 13.5. The number of nitrogens with zero attached hydrogens (tertiary/aromatic N) is 2. The second-order valence-electron chi connectivity index (χ2n) is 11.2. The molecule has 4 aromatic carbocycles. The van der Waals surface area contributed by atoms with Crippen molar-refractivity contribution in [2.75, 3.05) is 18.0 Å². The number of rotatable bonds is 13. The fraction of sp³-hybridized carbons (Fsp3) is 0.314. The average Bonchev–Trinajstić information content (AvgIpc) is 3.26. The van der Waals surface area contributed by atoms with Crippen LogP contribution >= 0.6 is 0 Å². The summed E-state index contributed by atoms with van der Waals surface area (Å²) in [6.45, 7) is 4.30. The Kier molecular flexibility index (Phi) is 9.54. The van der Waals surface area contributed by atoms with Crippen molar-refractivity contribution in [3.63, 3.8) is 0 Å². The smallest absolute Gasteiger partial charge is 0.265 e. The Hall–Kier alpha value is -4.37. The Morgan fingerprint density at radius 2 is 1.64 bits per heavy atom. The van der Waals surface area contributed by atoms with Crippen molar-refractivity contribution in [3.8, 4) is 5.75 Å². The Balaban J connectivity index is 1.41. The van der Waals surface area contributed by atoms with E-state index in [2.05, 4.69) is 5.32 Å². The molecule has 0 saturated heterocycles. The van der Waals surface area contributed by atoms with Crippen molar-refractivity contribution in [1.82, 2.24) is 10.2 Å².